The number of aryl methyl sites for hydroxylation is 1. The Bertz CT molecular complexity index is 1530. The number of ether oxygens (including phenoxy) is 1. The Morgan fingerprint density at radius 2 is 1.88 bits per heavy atom. The van der Waals surface area contributed by atoms with Gasteiger partial charge in [0.15, 0.2) is 11.6 Å². The number of H-pyrrole nitrogens is 1. The van der Waals surface area contributed by atoms with Gasteiger partial charge in [0.25, 0.3) is 11.5 Å². The van der Waals surface area contributed by atoms with Gasteiger partial charge in [0, 0.05) is 29.3 Å². The number of pyridine rings is 1. The quantitative estimate of drug-likeness (QED) is 0.452. The molecular formula is C23H18F4N4O3. The standard InChI is InChI=1S/C23H18F4N4O3/c1-10-12-5-11(3-4-18(12)31(29-10)23(26)27)22(33)30(2)19-9-34-8-17-20(19)13-6-15(24)16(25)7-14(13)21(32)28-17/h3-7,19,23H,8-9H2,1-2H3,(H,28,32). The van der Waals surface area contributed by atoms with Gasteiger partial charge in [0.05, 0.1) is 35.9 Å². The summed E-state index contributed by atoms with van der Waals surface area (Å²) >= 11 is 0. The van der Waals surface area contributed by atoms with E-state index in [4.69, 9.17) is 4.74 Å². The summed E-state index contributed by atoms with van der Waals surface area (Å²) in [5.41, 5.74) is 0.995. The topological polar surface area (TPSA) is 80.2 Å². The van der Waals surface area contributed by atoms with E-state index in [1.165, 1.54) is 30.1 Å². The number of hydrogen-bond donors (Lipinski definition) is 1. The van der Waals surface area contributed by atoms with Crippen molar-refractivity contribution >= 4 is 27.6 Å². The molecule has 1 unspecified atom stereocenters. The molecule has 2 aromatic heterocycles. The second kappa shape index (κ2) is 7.94. The van der Waals surface area contributed by atoms with Crippen LogP contribution < -0.4 is 5.56 Å². The second-order valence-electron chi connectivity index (χ2n) is 8.14. The summed E-state index contributed by atoms with van der Waals surface area (Å²) in [5, 5.41) is 4.39. The van der Waals surface area contributed by atoms with Gasteiger partial charge >= 0.3 is 6.55 Å². The number of hydrogen-bond acceptors (Lipinski definition) is 4. The maximum absolute atomic E-state index is 14.1. The van der Waals surface area contributed by atoms with E-state index >= 15 is 0 Å². The van der Waals surface area contributed by atoms with E-state index in [0.29, 0.717) is 27.0 Å². The zero-order valence-electron chi connectivity index (χ0n) is 18.0. The fourth-order valence-corrected chi connectivity index (χ4v) is 4.47. The van der Waals surface area contributed by atoms with Gasteiger partial charge in [-0.3, -0.25) is 9.59 Å². The van der Waals surface area contributed by atoms with Crippen LogP contribution in [-0.2, 0) is 11.3 Å². The molecule has 0 radical (unpaired) electrons. The van der Waals surface area contributed by atoms with Gasteiger partial charge in [-0.05, 0) is 42.6 Å². The number of nitrogens with zero attached hydrogens (tertiary/aromatic N) is 3. The SMILES string of the molecule is Cc1nn(C(F)F)c2ccc(C(=O)N(C)C3COCc4[nH]c(=O)c5cc(F)c(F)cc5c43)cc12. The first-order valence-electron chi connectivity index (χ1n) is 10.3. The molecule has 0 fully saturated rings. The van der Waals surface area contributed by atoms with Gasteiger partial charge in [-0.2, -0.15) is 13.9 Å². The summed E-state index contributed by atoms with van der Waals surface area (Å²) in [5.74, 6) is -2.72. The Labute approximate surface area is 189 Å². The number of alkyl halides is 2. The maximum Gasteiger partial charge on any atom is 0.333 e. The number of fused-ring (bicyclic) bond motifs is 4. The lowest BCUT2D eigenvalue weighted by atomic mass is 9.95. The van der Waals surface area contributed by atoms with Crippen LogP contribution in [0.1, 0.15) is 39.9 Å². The second-order valence-corrected chi connectivity index (χ2v) is 8.14. The van der Waals surface area contributed by atoms with E-state index < -0.39 is 35.7 Å². The highest BCUT2D eigenvalue weighted by Crippen LogP contribution is 2.34. The third kappa shape index (κ3) is 3.35. The Kier molecular flexibility index (Phi) is 5.16. The van der Waals surface area contributed by atoms with Crippen molar-refractivity contribution in [3.63, 3.8) is 0 Å². The average Bonchev–Trinajstić information content (AvgIpc) is 3.15. The minimum atomic E-state index is -2.82. The predicted molar refractivity (Wildman–Crippen MR) is 115 cm³/mol. The monoisotopic (exact) mass is 474 g/mol. The van der Waals surface area contributed by atoms with Crippen molar-refractivity contribution in [2.45, 2.75) is 26.1 Å². The van der Waals surface area contributed by atoms with Gasteiger partial charge in [0.1, 0.15) is 0 Å². The highest BCUT2D eigenvalue weighted by Gasteiger charge is 2.32. The molecule has 1 amide bonds. The number of halogens is 4. The highest BCUT2D eigenvalue weighted by atomic mass is 19.3. The zero-order valence-corrected chi connectivity index (χ0v) is 18.0. The number of likely N-dealkylation sites (N-methyl/N-ethyl adjacent to an activating group) is 1. The van der Waals surface area contributed by atoms with E-state index in [-0.39, 0.29) is 35.1 Å². The van der Waals surface area contributed by atoms with E-state index in [1.807, 2.05) is 0 Å². The van der Waals surface area contributed by atoms with Crippen molar-refractivity contribution in [3.8, 4) is 0 Å². The minimum Gasteiger partial charge on any atom is -0.373 e. The van der Waals surface area contributed by atoms with E-state index in [1.54, 1.807) is 6.92 Å². The lowest BCUT2D eigenvalue weighted by molar-refractivity contribution is 0.0336. The zero-order chi connectivity index (χ0) is 24.3. The van der Waals surface area contributed by atoms with Crippen molar-refractivity contribution in [2.24, 2.45) is 0 Å². The number of carbonyl (C=O) groups excluding carboxylic acids is 1. The fourth-order valence-electron chi connectivity index (χ4n) is 4.47. The van der Waals surface area contributed by atoms with Crippen molar-refractivity contribution in [1.82, 2.24) is 19.7 Å². The van der Waals surface area contributed by atoms with Crippen molar-refractivity contribution in [2.75, 3.05) is 13.7 Å². The van der Waals surface area contributed by atoms with E-state index in [9.17, 15) is 27.2 Å². The molecule has 34 heavy (non-hydrogen) atoms. The molecule has 1 aliphatic heterocycles. The molecule has 0 saturated carbocycles. The molecule has 0 spiro atoms. The number of nitrogens with one attached hydrogen (secondary N) is 1. The van der Waals surface area contributed by atoms with Gasteiger partial charge in [-0.25, -0.2) is 13.5 Å². The number of aromatic amines is 1. The fraction of sp³-hybridized carbons (Fsp3) is 0.261. The summed E-state index contributed by atoms with van der Waals surface area (Å²) in [6.07, 6.45) is 0. The molecule has 1 atom stereocenters. The third-order valence-electron chi connectivity index (χ3n) is 6.15. The van der Waals surface area contributed by atoms with Crippen LogP contribution >= 0.6 is 0 Å². The molecule has 4 aromatic rings. The van der Waals surface area contributed by atoms with Crippen LogP contribution in [0.5, 0.6) is 0 Å². The summed E-state index contributed by atoms with van der Waals surface area (Å²) in [7, 11) is 1.52. The first-order chi connectivity index (χ1) is 16.2. The normalized spacial score (nSPS) is 15.8. The van der Waals surface area contributed by atoms with E-state index in [0.717, 1.165) is 12.1 Å². The van der Waals surface area contributed by atoms with Crippen LogP contribution in [0.4, 0.5) is 17.6 Å². The summed E-state index contributed by atoms with van der Waals surface area (Å²) in [6, 6.07) is 5.37. The smallest absolute Gasteiger partial charge is 0.333 e. The van der Waals surface area contributed by atoms with Crippen LogP contribution in [-0.4, -0.2) is 39.2 Å². The Hall–Kier alpha value is -3.73. The van der Waals surface area contributed by atoms with Crippen LogP contribution in [0.25, 0.3) is 21.7 Å². The molecule has 0 aliphatic carbocycles. The first kappa shape index (κ1) is 22.1. The molecule has 1 N–H and O–H groups in total. The third-order valence-corrected chi connectivity index (χ3v) is 6.15. The van der Waals surface area contributed by atoms with Crippen LogP contribution in [0.2, 0.25) is 0 Å². The Balaban J connectivity index is 1.59. The van der Waals surface area contributed by atoms with Gasteiger partial charge in [-0.1, -0.05) is 0 Å². The number of aromatic nitrogens is 3. The molecule has 3 heterocycles. The number of rotatable bonds is 3. The van der Waals surface area contributed by atoms with Crippen molar-refractivity contribution < 1.29 is 27.1 Å². The molecular weight excluding hydrogens is 456 g/mol. The molecule has 0 saturated heterocycles. The van der Waals surface area contributed by atoms with E-state index in [2.05, 4.69) is 10.1 Å². The van der Waals surface area contributed by atoms with Crippen molar-refractivity contribution in [1.29, 1.82) is 0 Å². The van der Waals surface area contributed by atoms with Gasteiger partial charge < -0.3 is 14.6 Å². The average molecular weight is 474 g/mol. The molecule has 5 rings (SSSR count). The minimum absolute atomic E-state index is 0.0377. The summed E-state index contributed by atoms with van der Waals surface area (Å²) in [4.78, 5) is 29.8. The van der Waals surface area contributed by atoms with Crippen LogP contribution in [0.3, 0.4) is 0 Å². The summed E-state index contributed by atoms with van der Waals surface area (Å²) < 4.78 is 60.5. The molecule has 7 nitrogen and oxygen atoms in total. The summed E-state index contributed by atoms with van der Waals surface area (Å²) in [6.45, 7) is -1.16. The molecule has 1 aliphatic rings. The molecule has 11 heteroatoms. The first-order valence-corrected chi connectivity index (χ1v) is 10.3. The van der Waals surface area contributed by atoms with Crippen molar-refractivity contribution in [3.05, 3.63) is 74.8 Å². The molecule has 176 valence electrons. The van der Waals surface area contributed by atoms with Crippen LogP contribution in [0, 0.1) is 18.6 Å². The predicted octanol–water partition coefficient (Wildman–Crippen LogP) is 4.20. The highest BCUT2D eigenvalue weighted by molar-refractivity contribution is 5.99. The lowest BCUT2D eigenvalue weighted by Gasteiger charge is -2.34. The molecule has 2 aromatic carbocycles. The Morgan fingerprint density at radius 1 is 1.18 bits per heavy atom. The number of amides is 1. The number of carbonyl (C=O) groups is 1. The van der Waals surface area contributed by atoms with Gasteiger partial charge in [0.2, 0.25) is 0 Å². The largest absolute Gasteiger partial charge is 0.373 e. The maximum atomic E-state index is 14.1. The lowest BCUT2D eigenvalue weighted by Crippen LogP contribution is -2.37. The van der Waals surface area contributed by atoms with Crippen LogP contribution in [0.15, 0.2) is 35.1 Å². The Morgan fingerprint density at radius 3 is 2.59 bits per heavy atom. The number of benzene rings is 2. The molecule has 0 bridgehead atoms. The van der Waals surface area contributed by atoms with Gasteiger partial charge in [-0.15, -0.1) is 0 Å².